The number of amides is 1. The Balaban J connectivity index is 1.32. The minimum Gasteiger partial charge on any atom is -0.493 e. The fourth-order valence-electron chi connectivity index (χ4n) is 4.61. The number of nitrogens with zero attached hydrogens (tertiary/aromatic N) is 6. The summed E-state index contributed by atoms with van der Waals surface area (Å²) in [7, 11) is 0. The number of carbonyl (C=O) groups is 1. The lowest BCUT2D eigenvalue weighted by molar-refractivity contribution is -0.122. The number of aromatic hydroxyl groups is 1. The molecule has 0 radical (unpaired) electrons. The molecule has 5 rings (SSSR count). The topological polar surface area (TPSA) is 114 Å². The molecule has 0 unspecified atom stereocenters. The third kappa shape index (κ3) is 5.67. The lowest BCUT2D eigenvalue weighted by atomic mass is 9.97. The van der Waals surface area contributed by atoms with E-state index in [0.717, 1.165) is 36.9 Å². The molecule has 1 N–H and O–H groups in total. The van der Waals surface area contributed by atoms with E-state index in [4.69, 9.17) is 9.57 Å². The van der Waals surface area contributed by atoms with Crippen LogP contribution in [0, 0.1) is 0 Å². The molecule has 0 saturated carbocycles. The number of rotatable bonds is 8. The maximum absolute atomic E-state index is 12.3. The van der Waals surface area contributed by atoms with Crippen LogP contribution in [0.4, 0.5) is 5.69 Å². The molecule has 0 bridgehead atoms. The second-order valence-corrected chi connectivity index (χ2v) is 9.82. The molecule has 1 saturated heterocycles. The van der Waals surface area contributed by atoms with Gasteiger partial charge in [0.05, 0.1) is 18.4 Å². The summed E-state index contributed by atoms with van der Waals surface area (Å²) in [6.07, 6.45) is 8.52. The quantitative estimate of drug-likeness (QED) is 0.237. The third-order valence-corrected chi connectivity index (χ3v) is 7.35. The molecule has 1 fully saturated rings. The first-order chi connectivity index (χ1) is 18.1. The van der Waals surface area contributed by atoms with E-state index in [0.29, 0.717) is 17.8 Å². The van der Waals surface area contributed by atoms with Gasteiger partial charge in [-0.15, -0.1) is 10.2 Å². The highest BCUT2D eigenvalue weighted by molar-refractivity contribution is 8.03. The van der Waals surface area contributed by atoms with Crippen LogP contribution in [0.2, 0.25) is 0 Å². The number of pyridine rings is 1. The second kappa shape index (κ2) is 11.6. The highest BCUT2D eigenvalue weighted by Gasteiger charge is 2.27. The first-order valence-electron chi connectivity index (χ1n) is 12.1. The summed E-state index contributed by atoms with van der Waals surface area (Å²) in [6.45, 7) is 2.76. The first kappa shape index (κ1) is 25.0. The molecule has 0 spiro atoms. The predicted octanol–water partition coefficient (Wildman–Crippen LogP) is 5.49. The number of hydrogen-bond donors (Lipinski definition) is 1. The molecule has 2 aromatic heterocycles. The van der Waals surface area contributed by atoms with Gasteiger partial charge in [-0.1, -0.05) is 47.6 Å². The average Bonchev–Trinajstić information content (AvgIpc) is 3.56. The van der Waals surface area contributed by atoms with Gasteiger partial charge in [0.15, 0.2) is 17.7 Å². The van der Waals surface area contributed by atoms with Gasteiger partial charge in [-0.25, -0.2) is 0 Å². The number of likely N-dealkylation sites (tertiary alicyclic amines) is 1. The number of oxime groups is 1. The maximum Gasteiger partial charge on any atom is 0.304 e. The fourth-order valence-corrected chi connectivity index (χ4v) is 5.25. The molecular weight excluding hydrogens is 492 g/mol. The van der Waals surface area contributed by atoms with Crippen molar-refractivity contribution in [1.82, 2.24) is 14.5 Å². The Morgan fingerprint density at radius 3 is 2.97 bits per heavy atom. The summed E-state index contributed by atoms with van der Waals surface area (Å²) in [5.74, 6) is -0.649. The van der Waals surface area contributed by atoms with Crippen LogP contribution in [0.15, 0.2) is 75.8 Å². The molecule has 11 heteroatoms. The number of fused-ring (bicyclic) bond motifs is 1. The summed E-state index contributed by atoms with van der Waals surface area (Å²) >= 11 is 1.46. The monoisotopic (exact) mass is 520 g/mol. The number of piperidine rings is 1. The Hall–Kier alpha value is -3.70. The van der Waals surface area contributed by atoms with Crippen molar-refractivity contribution < 1.29 is 19.5 Å². The molecule has 2 atom stereocenters. The molecule has 10 nitrogen and oxygen atoms in total. The molecule has 2 aliphatic rings. The minimum atomic E-state index is -0.612. The molecule has 37 heavy (non-hydrogen) atoms. The summed E-state index contributed by atoms with van der Waals surface area (Å²) in [5.41, 5.74) is 2.58. The van der Waals surface area contributed by atoms with Crippen molar-refractivity contribution in [3.8, 4) is 5.88 Å². The molecule has 192 valence electrons. The maximum atomic E-state index is 12.3. The van der Waals surface area contributed by atoms with Crippen LogP contribution >= 0.6 is 11.8 Å². The third-order valence-electron chi connectivity index (χ3n) is 6.38. The zero-order valence-electron chi connectivity index (χ0n) is 20.4. The van der Waals surface area contributed by atoms with Gasteiger partial charge in [0.1, 0.15) is 5.71 Å². The first-order valence-corrected chi connectivity index (χ1v) is 13.1. The molecule has 1 amide bonds. The highest BCUT2D eigenvalue weighted by Crippen LogP contribution is 2.40. The predicted molar refractivity (Wildman–Crippen MR) is 141 cm³/mol. The van der Waals surface area contributed by atoms with Crippen LogP contribution in [0.3, 0.4) is 0 Å². The van der Waals surface area contributed by atoms with Crippen molar-refractivity contribution in [2.75, 3.05) is 13.2 Å². The number of azo groups is 1. The van der Waals surface area contributed by atoms with E-state index in [2.05, 4.69) is 31.3 Å². The van der Waals surface area contributed by atoms with E-state index in [1.54, 1.807) is 19.4 Å². The van der Waals surface area contributed by atoms with Crippen molar-refractivity contribution >= 4 is 40.0 Å². The van der Waals surface area contributed by atoms with Gasteiger partial charge in [-0.3, -0.25) is 19.2 Å². The van der Waals surface area contributed by atoms with Gasteiger partial charge >= 0.3 is 5.91 Å². The van der Waals surface area contributed by atoms with E-state index in [-0.39, 0.29) is 29.7 Å². The second-order valence-electron chi connectivity index (χ2n) is 8.85. The van der Waals surface area contributed by atoms with Crippen molar-refractivity contribution in [2.24, 2.45) is 15.4 Å². The van der Waals surface area contributed by atoms with Crippen LogP contribution in [-0.2, 0) is 21.0 Å². The summed E-state index contributed by atoms with van der Waals surface area (Å²) in [6, 6.07) is 11.8. The van der Waals surface area contributed by atoms with Crippen molar-refractivity contribution in [3.63, 3.8) is 0 Å². The summed E-state index contributed by atoms with van der Waals surface area (Å²) in [5, 5.41) is 25.5. The number of ether oxygens (including phenoxy) is 1. The SMILES string of the molecule is CC(=NOCC(=O)N=Nc1c(O)n(CN2CCCC[C@H]2c2cccnc2)c2ccccc12)[C@@H]1OC=CS1. The number of hydrogen-bond acceptors (Lipinski definition) is 9. The van der Waals surface area contributed by atoms with Gasteiger partial charge in [0.25, 0.3) is 0 Å². The molecular formula is C26H28N6O4S. The van der Waals surface area contributed by atoms with E-state index >= 15 is 0 Å². The number of benzene rings is 1. The normalized spacial score (nSPS) is 20.5. The van der Waals surface area contributed by atoms with Gasteiger partial charge in [-0.05, 0) is 37.5 Å². The largest absolute Gasteiger partial charge is 0.493 e. The highest BCUT2D eigenvalue weighted by atomic mass is 32.2. The van der Waals surface area contributed by atoms with Crippen LogP contribution in [0.1, 0.15) is 37.8 Å². The Morgan fingerprint density at radius 2 is 2.16 bits per heavy atom. The lowest BCUT2D eigenvalue weighted by Gasteiger charge is -2.36. The van der Waals surface area contributed by atoms with Crippen LogP contribution < -0.4 is 0 Å². The van der Waals surface area contributed by atoms with Crippen molar-refractivity contribution in [1.29, 1.82) is 0 Å². The number of para-hydroxylation sites is 1. The van der Waals surface area contributed by atoms with E-state index in [1.165, 1.54) is 11.8 Å². The van der Waals surface area contributed by atoms with Crippen LogP contribution in [0.5, 0.6) is 5.88 Å². The minimum absolute atomic E-state index is 0.0362. The van der Waals surface area contributed by atoms with E-state index in [9.17, 15) is 9.90 Å². The van der Waals surface area contributed by atoms with Gasteiger partial charge < -0.3 is 14.7 Å². The molecule has 0 aliphatic carbocycles. The van der Waals surface area contributed by atoms with Crippen molar-refractivity contribution in [3.05, 3.63) is 66.0 Å². The Labute approximate surface area is 218 Å². The van der Waals surface area contributed by atoms with Gasteiger partial charge in [0.2, 0.25) is 5.88 Å². The van der Waals surface area contributed by atoms with Crippen LogP contribution in [0.25, 0.3) is 10.9 Å². The molecule has 2 aliphatic heterocycles. The number of carbonyl (C=O) groups excluding carboxylic acids is 1. The molecule has 1 aromatic carbocycles. The Kier molecular flexibility index (Phi) is 7.81. The molecule has 4 heterocycles. The summed E-state index contributed by atoms with van der Waals surface area (Å²) in [4.78, 5) is 24.0. The van der Waals surface area contributed by atoms with Gasteiger partial charge in [-0.2, -0.15) is 0 Å². The number of thioether (sulfide) groups is 1. The van der Waals surface area contributed by atoms with Crippen LogP contribution in [-0.4, -0.2) is 49.8 Å². The zero-order valence-corrected chi connectivity index (χ0v) is 21.3. The smallest absolute Gasteiger partial charge is 0.304 e. The van der Waals surface area contributed by atoms with Crippen molar-refractivity contribution in [2.45, 2.75) is 44.3 Å². The summed E-state index contributed by atoms with van der Waals surface area (Å²) < 4.78 is 7.15. The van der Waals surface area contributed by atoms with E-state index in [1.807, 2.05) is 46.5 Å². The van der Waals surface area contributed by atoms with E-state index < -0.39 is 5.91 Å². The average molecular weight is 521 g/mol. The Bertz CT molecular complexity index is 1330. The zero-order chi connectivity index (χ0) is 25.6. The number of aromatic nitrogens is 2. The molecule has 3 aromatic rings. The standard InChI is InChI=1S/C26H28N6O4S/c1-18(26-35-13-14-37-26)30-36-16-23(33)28-29-24-20-8-2-3-10-22(20)32(25(24)34)17-31-12-5-4-9-21(31)19-7-6-11-27-15-19/h2-3,6-8,10-11,13-15,21,26,34H,4-5,9,12,16-17H2,1H3/t21-,26+/m0/s1. The Morgan fingerprint density at radius 1 is 1.27 bits per heavy atom. The van der Waals surface area contributed by atoms with Gasteiger partial charge in [0, 0.05) is 35.8 Å². The lowest BCUT2D eigenvalue weighted by Crippen LogP contribution is -2.34. The fraction of sp³-hybridized carbons (Fsp3) is 0.346.